The topological polar surface area (TPSA) is 105 Å². The van der Waals surface area contributed by atoms with Crippen LogP contribution >= 0.6 is 0 Å². The van der Waals surface area contributed by atoms with E-state index in [1.807, 2.05) is 64.1 Å². The number of hydrogen-bond acceptors (Lipinski definition) is 5. The quantitative estimate of drug-likeness (QED) is 0.488. The normalized spacial score (nSPS) is 12.3. The number of nitrogens with one attached hydrogen (secondary N) is 2. The lowest BCUT2D eigenvalue weighted by Gasteiger charge is -2.19. The summed E-state index contributed by atoms with van der Waals surface area (Å²) in [6.07, 6.45) is 1.92. The predicted octanol–water partition coefficient (Wildman–Crippen LogP) is 3.27. The summed E-state index contributed by atoms with van der Waals surface area (Å²) in [7, 11) is 0. The van der Waals surface area contributed by atoms with Gasteiger partial charge in [0.05, 0.1) is 17.9 Å². The molecule has 1 atom stereocenters. The van der Waals surface area contributed by atoms with Gasteiger partial charge in [0.1, 0.15) is 11.4 Å². The Balaban J connectivity index is 1.68. The van der Waals surface area contributed by atoms with Crippen molar-refractivity contribution in [2.75, 3.05) is 0 Å². The maximum atomic E-state index is 13.3. The summed E-state index contributed by atoms with van der Waals surface area (Å²) in [5, 5.41) is 7.42. The maximum Gasteiger partial charge on any atom is 0.257 e. The molecule has 3 aromatic heterocycles. The van der Waals surface area contributed by atoms with E-state index in [4.69, 9.17) is 0 Å². The van der Waals surface area contributed by atoms with Gasteiger partial charge in [-0.3, -0.25) is 9.59 Å². The molecule has 0 aliphatic rings. The fourth-order valence-electron chi connectivity index (χ4n) is 3.72. The molecule has 2 N–H and O–H groups in total. The third kappa shape index (κ3) is 4.44. The summed E-state index contributed by atoms with van der Waals surface area (Å²) in [5.74, 6) is 0.437. The van der Waals surface area contributed by atoms with Crippen LogP contribution in [0.2, 0.25) is 0 Å². The molecule has 8 nitrogen and oxygen atoms in total. The Morgan fingerprint density at radius 1 is 1.12 bits per heavy atom. The molecule has 8 heteroatoms. The van der Waals surface area contributed by atoms with Gasteiger partial charge < -0.3 is 10.3 Å². The average molecular weight is 431 g/mol. The first kappa shape index (κ1) is 21.4. The van der Waals surface area contributed by atoms with Crippen molar-refractivity contribution in [3.63, 3.8) is 0 Å². The highest BCUT2D eigenvalue weighted by Gasteiger charge is 2.21. The number of fused-ring (bicyclic) bond motifs is 1. The van der Waals surface area contributed by atoms with E-state index in [2.05, 4.69) is 25.4 Å². The fraction of sp³-hybridized carbons (Fsp3) is 0.292. The maximum absolute atomic E-state index is 13.3. The van der Waals surface area contributed by atoms with E-state index in [-0.39, 0.29) is 23.4 Å². The fourth-order valence-corrected chi connectivity index (χ4v) is 3.72. The largest absolute Gasteiger partial charge is 0.345 e. The first-order valence-electron chi connectivity index (χ1n) is 10.6. The van der Waals surface area contributed by atoms with Crippen LogP contribution in [0.1, 0.15) is 64.6 Å². The molecule has 0 aliphatic heterocycles. The van der Waals surface area contributed by atoms with Gasteiger partial charge >= 0.3 is 0 Å². The second-order valence-electron chi connectivity index (χ2n) is 8.25. The lowest BCUT2D eigenvalue weighted by atomic mass is 10.0. The van der Waals surface area contributed by atoms with Crippen LogP contribution in [0, 0.1) is 13.8 Å². The molecule has 0 spiro atoms. The van der Waals surface area contributed by atoms with Gasteiger partial charge in [0.2, 0.25) is 0 Å². The summed E-state index contributed by atoms with van der Waals surface area (Å²) >= 11 is 0. The summed E-state index contributed by atoms with van der Waals surface area (Å²) < 4.78 is 1.66. The highest BCUT2D eigenvalue weighted by Crippen LogP contribution is 2.20. The molecule has 0 saturated carbocycles. The number of aryl methyl sites for hydroxylation is 2. The van der Waals surface area contributed by atoms with Gasteiger partial charge in [0, 0.05) is 29.8 Å². The molecule has 1 aromatic carbocycles. The minimum Gasteiger partial charge on any atom is -0.345 e. The van der Waals surface area contributed by atoms with Crippen LogP contribution in [-0.2, 0) is 6.42 Å². The number of benzene rings is 1. The van der Waals surface area contributed by atoms with Crippen LogP contribution in [-0.4, -0.2) is 30.5 Å². The number of amides is 1. The second-order valence-corrected chi connectivity index (χ2v) is 8.25. The molecule has 4 aromatic rings. The Morgan fingerprint density at radius 2 is 1.88 bits per heavy atom. The minimum atomic E-state index is -0.376. The van der Waals surface area contributed by atoms with Crippen molar-refractivity contribution in [1.29, 1.82) is 0 Å². The average Bonchev–Trinajstić information content (AvgIpc) is 3.17. The Morgan fingerprint density at radius 3 is 2.59 bits per heavy atom. The molecule has 0 aliphatic carbocycles. The van der Waals surface area contributed by atoms with Crippen molar-refractivity contribution < 1.29 is 4.79 Å². The molecule has 164 valence electrons. The molecular weight excluding hydrogens is 404 g/mol. The molecule has 0 unspecified atom stereocenters. The van der Waals surface area contributed by atoms with Gasteiger partial charge in [-0.1, -0.05) is 44.2 Å². The number of rotatable bonds is 6. The van der Waals surface area contributed by atoms with E-state index >= 15 is 0 Å². The molecule has 4 rings (SSSR count). The summed E-state index contributed by atoms with van der Waals surface area (Å²) in [5.41, 5.74) is 3.98. The lowest BCUT2D eigenvalue weighted by molar-refractivity contribution is 0.0938. The molecule has 32 heavy (non-hydrogen) atoms. The zero-order chi connectivity index (χ0) is 22.8. The number of aromatic nitrogens is 5. The van der Waals surface area contributed by atoms with Crippen LogP contribution < -0.4 is 10.9 Å². The van der Waals surface area contributed by atoms with Gasteiger partial charge in [0.25, 0.3) is 11.5 Å². The third-order valence-corrected chi connectivity index (χ3v) is 5.30. The van der Waals surface area contributed by atoms with Crippen LogP contribution in [0.5, 0.6) is 0 Å². The van der Waals surface area contributed by atoms with E-state index in [0.717, 1.165) is 17.0 Å². The molecule has 0 fully saturated rings. The van der Waals surface area contributed by atoms with Gasteiger partial charge in [-0.2, -0.15) is 5.10 Å². The van der Waals surface area contributed by atoms with Crippen molar-refractivity contribution in [2.45, 2.75) is 46.1 Å². The van der Waals surface area contributed by atoms with E-state index in [0.29, 0.717) is 29.1 Å². The van der Waals surface area contributed by atoms with Crippen molar-refractivity contribution >= 4 is 11.6 Å². The first-order valence-corrected chi connectivity index (χ1v) is 10.6. The number of carbonyl (C=O) groups is 1. The standard InChI is InChI=1S/C24H26N6O2/c1-14(2)22-27-18(12-21(31)29-22)11-20(17-8-6-5-7-9-17)28-24(32)19-13-25-30-16(4)10-15(3)26-23(19)30/h5-10,12-14,20H,11H2,1-4H3,(H,28,32)(H,27,29,31)/t20-/m1/s1. The smallest absolute Gasteiger partial charge is 0.257 e. The Bertz CT molecular complexity index is 1320. The van der Waals surface area contributed by atoms with Crippen LogP contribution in [0.3, 0.4) is 0 Å². The van der Waals surface area contributed by atoms with E-state index in [1.165, 1.54) is 12.3 Å². The summed E-state index contributed by atoms with van der Waals surface area (Å²) in [6.45, 7) is 7.76. The molecule has 0 bridgehead atoms. The number of hydrogen-bond donors (Lipinski definition) is 2. The van der Waals surface area contributed by atoms with Crippen LogP contribution in [0.4, 0.5) is 0 Å². The van der Waals surface area contributed by atoms with Gasteiger partial charge in [-0.25, -0.2) is 14.5 Å². The monoisotopic (exact) mass is 430 g/mol. The van der Waals surface area contributed by atoms with Gasteiger partial charge in [-0.05, 0) is 25.5 Å². The van der Waals surface area contributed by atoms with Crippen molar-refractivity contribution in [1.82, 2.24) is 29.9 Å². The minimum absolute atomic E-state index is 0.0868. The molecule has 0 saturated heterocycles. The molecule has 0 radical (unpaired) electrons. The number of nitrogens with zero attached hydrogens (tertiary/aromatic N) is 4. The van der Waals surface area contributed by atoms with Gasteiger partial charge in [-0.15, -0.1) is 0 Å². The molecular formula is C24H26N6O2. The Kier molecular flexibility index (Phi) is 5.85. The van der Waals surface area contributed by atoms with Crippen LogP contribution in [0.15, 0.2) is 53.5 Å². The van der Waals surface area contributed by atoms with E-state index < -0.39 is 0 Å². The number of carbonyl (C=O) groups excluding carboxylic acids is 1. The molecule has 1 amide bonds. The Hall–Kier alpha value is -3.81. The molecule has 3 heterocycles. The predicted molar refractivity (Wildman–Crippen MR) is 122 cm³/mol. The summed E-state index contributed by atoms with van der Waals surface area (Å²) in [4.78, 5) is 37.3. The third-order valence-electron chi connectivity index (χ3n) is 5.30. The van der Waals surface area contributed by atoms with Crippen LogP contribution in [0.25, 0.3) is 5.65 Å². The Labute approximate surface area is 185 Å². The zero-order valence-electron chi connectivity index (χ0n) is 18.6. The zero-order valence-corrected chi connectivity index (χ0v) is 18.6. The van der Waals surface area contributed by atoms with Crippen molar-refractivity contribution in [3.8, 4) is 0 Å². The van der Waals surface area contributed by atoms with E-state index in [1.54, 1.807) is 4.52 Å². The highest BCUT2D eigenvalue weighted by atomic mass is 16.1. The summed E-state index contributed by atoms with van der Waals surface area (Å²) in [6, 6.07) is 12.7. The lowest BCUT2D eigenvalue weighted by Crippen LogP contribution is -2.31. The van der Waals surface area contributed by atoms with Crippen molar-refractivity contribution in [2.24, 2.45) is 0 Å². The van der Waals surface area contributed by atoms with Crippen molar-refractivity contribution in [3.05, 3.63) is 93.0 Å². The number of aromatic amines is 1. The highest BCUT2D eigenvalue weighted by molar-refractivity contribution is 5.99. The number of H-pyrrole nitrogens is 1. The van der Waals surface area contributed by atoms with E-state index in [9.17, 15) is 9.59 Å². The SMILES string of the molecule is Cc1cc(C)n2ncc(C(=O)N[C@H](Cc3cc(=O)[nH]c(C(C)C)n3)c3ccccc3)c2n1. The first-order chi connectivity index (χ1) is 15.3. The second kappa shape index (κ2) is 8.74. The van der Waals surface area contributed by atoms with Gasteiger partial charge in [0.15, 0.2) is 5.65 Å².